The van der Waals surface area contributed by atoms with Crippen molar-refractivity contribution in [3.63, 3.8) is 0 Å². The Labute approximate surface area is 179 Å². The van der Waals surface area contributed by atoms with Crippen LogP contribution in [0.3, 0.4) is 0 Å². The summed E-state index contributed by atoms with van der Waals surface area (Å²) in [6.45, 7) is 13.1. The second-order valence-electron chi connectivity index (χ2n) is 7.84. The maximum Gasteiger partial charge on any atom is 0.280 e. The molecule has 1 atom stereocenters. The topological polar surface area (TPSA) is 69.2 Å². The molecule has 1 N–H and O–H groups in total. The third-order valence-corrected chi connectivity index (χ3v) is 4.36. The molecule has 0 spiro atoms. The van der Waals surface area contributed by atoms with E-state index < -0.39 is 6.10 Å². The van der Waals surface area contributed by atoms with Gasteiger partial charge in [-0.1, -0.05) is 32.9 Å². The third kappa shape index (κ3) is 6.79. The summed E-state index contributed by atoms with van der Waals surface area (Å²) in [4.78, 5) is 12.3. The van der Waals surface area contributed by atoms with Gasteiger partial charge in [-0.2, -0.15) is 5.10 Å². The number of carbonyl (C=O) groups is 1. The molecule has 0 bridgehead atoms. The first kappa shape index (κ1) is 23.3. The van der Waals surface area contributed by atoms with E-state index in [-0.39, 0.29) is 11.3 Å². The van der Waals surface area contributed by atoms with Gasteiger partial charge in [-0.05, 0) is 67.6 Å². The molecule has 0 aliphatic heterocycles. The minimum absolute atomic E-state index is 0.0686. The Morgan fingerprint density at radius 1 is 1.03 bits per heavy atom. The average molecular weight is 413 g/mol. The normalized spacial score (nSPS) is 12.5. The highest BCUT2D eigenvalue weighted by Crippen LogP contribution is 2.28. The molecule has 0 radical (unpaired) electrons. The lowest BCUT2D eigenvalue weighted by molar-refractivity contribution is -0.127. The van der Waals surface area contributed by atoms with E-state index in [0.717, 1.165) is 5.56 Å². The highest BCUT2D eigenvalue weighted by Gasteiger charge is 2.16. The van der Waals surface area contributed by atoms with Crippen LogP contribution in [0.1, 0.15) is 52.7 Å². The van der Waals surface area contributed by atoms with Crippen LogP contribution in [0.4, 0.5) is 0 Å². The molecule has 0 aliphatic carbocycles. The van der Waals surface area contributed by atoms with E-state index in [4.69, 9.17) is 14.2 Å². The van der Waals surface area contributed by atoms with Crippen molar-refractivity contribution in [2.75, 3.05) is 13.2 Å². The number of nitrogens with zero attached hydrogens (tertiary/aromatic N) is 1. The number of nitrogens with one attached hydrogen (secondary N) is 1. The van der Waals surface area contributed by atoms with E-state index in [1.807, 2.05) is 56.3 Å². The first-order chi connectivity index (χ1) is 14.2. The lowest BCUT2D eigenvalue weighted by Crippen LogP contribution is -2.33. The molecular weight excluding hydrogens is 380 g/mol. The molecule has 2 rings (SSSR count). The zero-order chi connectivity index (χ0) is 22.1. The molecular formula is C24H32N2O4. The number of amides is 1. The minimum Gasteiger partial charge on any atom is -0.490 e. The Hall–Kier alpha value is -3.02. The molecule has 30 heavy (non-hydrogen) atoms. The number of hydrazone groups is 1. The first-order valence-corrected chi connectivity index (χ1v) is 10.2. The summed E-state index contributed by atoms with van der Waals surface area (Å²) >= 11 is 0. The van der Waals surface area contributed by atoms with E-state index in [2.05, 4.69) is 31.3 Å². The van der Waals surface area contributed by atoms with Crippen molar-refractivity contribution in [1.82, 2.24) is 5.43 Å². The van der Waals surface area contributed by atoms with Crippen LogP contribution in [0.2, 0.25) is 0 Å². The standard InChI is InChI=1S/C24H32N2O4/c1-7-28-21-14-9-18(15-22(21)29-8-2)16-25-26-23(27)17(3)30-20-12-10-19(11-13-20)24(4,5)6/h9-17H,7-8H2,1-6H3,(H,26,27)/b25-16+. The Morgan fingerprint density at radius 2 is 1.67 bits per heavy atom. The maximum absolute atomic E-state index is 12.3. The number of rotatable bonds is 9. The second kappa shape index (κ2) is 10.7. The Morgan fingerprint density at radius 3 is 2.27 bits per heavy atom. The summed E-state index contributed by atoms with van der Waals surface area (Å²) in [6, 6.07) is 13.3. The van der Waals surface area contributed by atoms with Gasteiger partial charge < -0.3 is 14.2 Å². The second-order valence-corrected chi connectivity index (χ2v) is 7.84. The Balaban J connectivity index is 1.94. The van der Waals surface area contributed by atoms with Crippen LogP contribution in [0.5, 0.6) is 17.2 Å². The monoisotopic (exact) mass is 412 g/mol. The van der Waals surface area contributed by atoms with Crippen LogP contribution in [0.25, 0.3) is 0 Å². The van der Waals surface area contributed by atoms with Gasteiger partial charge in [0.05, 0.1) is 19.4 Å². The van der Waals surface area contributed by atoms with Gasteiger partial charge in [0.15, 0.2) is 17.6 Å². The third-order valence-electron chi connectivity index (χ3n) is 4.36. The summed E-state index contributed by atoms with van der Waals surface area (Å²) in [7, 11) is 0. The van der Waals surface area contributed by atoms with Crippen molar-refractivity contribution in [3.8, 4) is 17.2 Å². The van der Waals surface area contributed by atoms with Crippen LogP contribution in [0, 0.1) is 0 Å². The summed E-state index contributed by atoms with van der Waals surface area (Å²) in [5.74, 6) is 1.63. The fourth-order valence-corrected chi connectivity index (χ4v) is 2.70. The zero-order valence-electron chi connectivity index (χ0n) is 18.7. The lowest BCUT2D eigenvalue weighted by atomic mass is 9.87. The molecule has 6 heteroatoms. The number of hydrogen-bond donors (Lipinski definition) is 1. The van der Waals surface area contributed by atoms with Gasteiger partial charge in [0.25, 0.3) is 5.91 Å². The lowest BCUT2D eigenvalue weighted by Gasteiger charge is -2.20. The van der Waals surface area contributed by atoms with Crippen molar-refractivity contribution in [3.05, 3.63) is 53.6 Å². The molecule has 0 saturated carbocycles. The number of ether oxygens (including phenoxy) is 3. The molecule has 0 saturated heterocycles. The largest absolute Gasteiger partial charge is 0.490 e. The van der Waals surface area contributed by atoms with Crippen molar-refractivity contribution >= 4 is 12.1 Å². The summed E-state index contributed by atoms with van der Waals surface area (Å²) in [5, 5.41) is 4.03. The summed E-state index contributed by atoms with van der Waals surface area (Å²) < 4.78 is 16.9. The van der Waals surface area contributed by atoms with Crippen LogP contribution < -0.4 is 19.6 Å². The first-order valence-electron chi connectivity index (χ1n) is 10.2. The van der Waals surface area contributed by atoms with E-state index in [1.165, 1.54) is 5.56 Å². The molecule has 6 nitrogen and oxygen atoms in total. The molecule has 162 valence electrons. The van der Waals surface area contributed by atoms with Gasteiger partial charge in [-0.25, -0.2) is 5.43 Å². The Bertz CT molecular complexity index is 854. The predicted octanol–water partition coefficient (Wildman–Crippen LogP) is 4.70. The average Bonchev–Trinajstić information content (AvgIpc) is 2.70. The van der Waals surface area contributed by atoms with Gasteiger partial charge in [-0.3, -0.25) is 4.79 Å². The van der Waals surface area contributed by atoms with E-state index in [1.54, 1.807) is 13.1 Å². The molecule has 0 aliphatic rings. The summed E-state index contributed by atoms with van der Waals surface area (Å²) in [5.41, 5.74) is 4.57. The van der Waals surface area contributed by atoms with Crippen molar-refractivity contribution in [2.45, 2.75) is 53.1 Å². The highest BCUT2D eigenvalue weighted by atomic mass is 16.5. The van der Waals surface area contributed by atoms with Crippen molar-refractivity contribution < 1.29 is 19.0 Å². The number of benzene rings is 2. The van der Waals surface area contributed by atoms with E-state index in [0.29, 0.717) is 30.5 Å². The van der Waals surface area contributed by atoms with E-state index in [9.17, 15) is 4.79 Å². The van der Waals surface area contributed by atoms with Crippen LogP contribution >= 0.6 is 0 Å². The smallest absolute Gasteiger partial charge is 0.280 e. The molecule has 2 aromatic carbocycles. The van der Waals surface area contributed by atoms with Crippen LogP contribution in [0.15, 0.2) is 47.6 Å². The van der Waals surface area contributed by atoms with Crippen LogP contribution in [-0.2, 0) is 10.2 Å². The molecule has 0 fully saturated rings. The molecule has 0 aromatic heterocycles. The number of hydrogen-bond acceptors (Lipinski definition) is 5. The quantitative estimate of drug-likeness (QED) is 0.479. The van der Waals surface area contributed by atoms with Gasteiger partial charge in [0.2, 0.25) is 0 Å². The SMILES string of the molecule is CCOc1ccc(/C=N/NC(=O)C(C)Oc2ccc(C(C)(C)C)cc2)cc1OCC. The Kier molecular flexibility index (Phi) is 8.27. The van der Waals surface area contributed by atoms with Crippen molar-refractivity contribution in [1.29, 1.82) is 0 Å². The van der Waals surface area contributed by atoms with Gasteiger partial charge in [0.1, 0.15) is 5.75 Å². The van der Waals surface area contributed by atoms with E-state index >= 15 is 0 Å². The molecule has 1 amide bonds. The highest BCUT2D eigenvalue weighted by molar-refractivity contribution is 5.84. The fourth-order valence-electron chi connectivity index (χ4n) is 2.70. The maximum atomic E-state index is 12.3. The number of carbonyl (C=O) groups excluding carboxylic acids is 1. The molecule has 0 heterocycles. The molecule has 2 aromatic rings. The van der Waals surface area contributed by atoms with Gasteiger partial charge in [0, 0.05) is 0 Å². The summed E-state index contributed by atoms with van der Waals surface area (Å²) in [6.07, 6.45) is 0.878. The van der Waals surface area contributed by atoms with Crippen LogP contribution in [-0.4, -0.2) is 31.4 Å². The minimum atomic E-state index is -0.679. The van der Waals surface area contributed by atoms with Gasteiger partial charge >= 0.3 is 0 Å². The zero-order valence-corrected chi connectivity index (χ0v) is 18.7. The predicted molar refractivity (Wildman–Crippen MR) is 120 cm³/mol. The van der Waals surface area contributed by atoms with Crippen molar-refractivity contribution in [2.24, 2.45) is 5.10 Å². The fraction of sp³-hybridized carbons (Fsp3) is 0.417. The molecule has 1 unspecified atom stereocenters. The van der Waals surface area contributed by atoms with Gasteiger partial charge in [-0.15, -0.1) is 0 Å².